The molecule has 1 aromatic carbocycles. The number of anilines is 1. The average Bonchev–Trinajstić information content (AvgIpc) is 2.42. The van der Waals surface area contributed by atoms with Gasteiger partial charge < -0.3 is 5.32 Å². The van der Waals surface area contributed by atoms with Crippen LogP contribution in [0.5, 0.6) is 0 Å². The second-order valence-electron chi connectivity index (χ2n) is 4.61. The summed E-state index contributed by atoms with van der Waals surface area (Å²) in [6, 6.07) is 10.9. The number of rotatable bonds is 4. The highest BCUT2D eigenvalue weighted by Gasteiger charge is 2.09. The molecule has 1 unspecified atom stereocenters. The maximum atomic E-state index is 4.06. The average molecular weight is 240 g/mol. The third-order valence-electron chi connectivity index (χ3n) is 3.31. The Balaban J connectivity index is 2.24. The normalized spacial score (nSPS) is 12.2. The van der Waals surface area contributed by atoms with Crippen LogP contribution in [0.2, 0.25) is 0 Å². The van der Waals surface area contributed by atoms with Gasteiger partial charge in [0.1, 0.15) is 0 Å². The first kappa shape index (κ1) is 12.6. The fourth-order valence-electron chi connectivity index (χ4n) is 2.18. The van der Waals surface area contributed by atoms with E-state index in [2.05, 4.69) is 61.4 Å². The summed E-state index contributed by atoms with van der Waals surface area (Å²) in [5, 5.41) is 3.62. The SMILES string of the molecule is CCc1cccc(C)c1NC(C)c1ccncc1. The van der Waals surface area contributed by atoms with Crippen molar-refractivity contribution in [1.29, 1.82) is 0 Å². The van der Waals surface area contributed by atoms with Crippen LogP contribution in [0.25, 0.3) is 0 Å². The molecule has 0 amide bonds. The molecule has 1 aromatic heterocycles. The number of nitrogens with zero attached hydrogens (tertiary/aromatic N) is 1. The molecule has 0 aliphatic heterocycles. The van der Waals surface area contributed by atoms with Gasteiger partial charge in [-0.05, 0) is 49.1 Å². The second kappa shape index (κ2) is 5.67. The minimum atomic E-state index is 0.291. The Morgan fingerprint density at radius 2 is 1.89 bits per heavy atom. The lowest BCUT2D eigenvalue weighted by Crippen LogP contribution is -2.09. The number of aromatic nitrogens is 1. The lowest BCUT2D eigenvalue weighted by Gasteiger charge is -2.20. The quantitative estimate of drug-likeness (QED) is 0.869. The molecule has 0 fully saturated rings. The first-order chi connectivity index (χ1) is 8.72. The molecule has 1 N–H and O–H groups in total. The zero-order valence-corrected chi connectivity index (χ0v) is 11.3. The van der Waals surface area contributed by atoms with Crippen molar-refractivity contribution < 1.29 is 0 Å². The van der Waals surface area contributed by atoms with E-state index in [9.17, 15) is 0 Å². The molecule has 0 saturated heterocycles. The molecule has 0 aliphatic carbocycles. The van der Waals surface area contributed by atoms with Gasteiger partial charge in [-0.25, -0.2) is 0 Å². The fourth-order valence-corrected chi connectivity index (χ4v) is 2.18. The van der Waals surface area contributed by atoms with Crippen LogP contribution >= 0.6 is 0 Å². The van der Waals surface area contributed by atoms with Crippen molar-refractivity contribution >= 4 is 5.69 Å². The predicted octanol–water partition coefficient (Wildman–Crippen LogP) is 4.13. The van der Waals surface area contributed by atoms with Gasteiger partial charge in [-0.2, -0.15) is 0 Å². The van der Waals surface area contributed by atoms with Crippen molar-refractivity contribution in [3.8, 4) is 0 Å². The van der Waals surface area contributed by atoms with E-state index in [1.54, 1.807) is 0 Å². The van der Waals surface area contributed by atoms with E-state index in [4.69, 9.17) is 0 Å². The van der Waals surface area contributed by atoms with Gasteiger partial charge in [0.05, 0.1) is 0 Å². The maximum absolute atomic E-state index is 4.06. The summed E-state index contributed by atoms with van der Waals surface area (Å²) in [4.78, 5) is 4.06. The van der Waals surface area contributed by atoms with E-state index in [0.717, 1.165) is 6.42 Å². The fraction of sp³-hybridized carbons (Fsp3) is 0.312. The van der Waals surface area contributed by atoms with E-state index in [0.29, 0.717) is 6.04 Å². The number of nitrogens with one attached hydrogen (secondary N) is 1. The number of hydrogen-bond acceptors (Lipinski definition) is 2. The molecule has 18 heavy (non-hydrogen) atoms. The smallest absolute Gasteiger partial charge is 0.0486 e. The van der Waals surface area contributed by atoms with E-state index in [1.165, 1.54) is 22.4 Å². The van der Waals surface area contributed by atoms with Gasteiger partial charge in [0.25, 0.3) is 0 Å². The lowest BCUT2D eigenvalue weighted by molar-refractivity contribution is 0.873. The number of para-hydroxylation sites is 1. The second-order valence-corrected chi connectivity index (χ2v) is 4.61. The van der Waals surface area contributed by atoms with E-state index >= 15 is 0 Å². The molecule has 2 rings (SSSR count). The minimum absolute atomic E-state index is 0.291. The molecule has 1 heterocycles. The van der Waals surface area contributed by atoms with Crippen LogP contribution in [0, 0.1) is 6.92 Å². The third kappa shape index (κ3) is 2.70. The van der Waals surface area contributed by atoms with Crippen LogP contribution in [-0.2, 0) is 6.42 Å². The summed E-state index contributed by atoms with van der Waals surface area (Å²) < 4.78 is 0. The molecule has 0 radical (unpaired) electrons. The molecule has 0 bridgehead atoms. The highest BCUT2D eigenvalue weighted by atomic mass is 14.9. The number of hydrogen-bond donors (Lipinski definition) is 1. The summed E-state index contributed by atoms with van der Waals surface area (Å²) in [7, 11) is 0. The van der Waals surface area contributed by atoms with Crippen molar-refractivity contribution in [2.24, 2.45) is 0 Å². The van der Waals surface area contributed by atoms with Gasteiger partial charge in [-0.3, -0.25) is 4.98 Å². The van der Waals surface area contributed by atoms with Crippen molar-refractivity contribution in [3.05, 3.63) is 59.4 Å². The van der Waals surface area contributed by atoms with Crippen molar-refractivity contribution in [2.75, 3.05) is 5.32 Å². The van der Waals surface area contributed by atoms with Crippen LogP contribution in [0.15, 0.2) is 42.7 Å². The van der Waals surface area contributed by atoms with Crippen LogP contribution in [0.1, 0.15) is 36.6 Å². The number of aryl methyl sites for hydroxylation is 2. The molecule has 2 aromatic rings. The first-order valence-corrected chi connectivity index (χ1v) is 6.47. The Hall–Kier alpha value is -1.83. The molecule has 2 heteroatoms. The zero-order valence-electron chi connectivity index (χ0n) is 11.3. The molecule has 0 aliphatic rings. The topological polar surface area (TPSA) is 24.9 Å². The summed E-state index contributed by atoms with van der Waals surface area (Å²) >= 11 is 0. The zero-order chi connectivity index (χ0) is 13.0. The van der Waals surface area contributed by atoms with Crippen LogP contribution in [0.3, 0.4) is 0 Å². The minimum Gasteiger partial charge on any atom is -0.378 e. The lowest BCUT2D eigenvalue weighted by atomic mass is 10.0. The Morgan fingerprint density at radius 1 is 1.17 bits per heavy atom. The summed E-state index contributed by atoms with van der Waals surface area (Å²) in [5.41, 5.74) is 5.20. The molecular weight excluding hydrogens is 220 g/mol. The molecular formula is C16H20N2. The van der Waals surface area contributed by atoms with E-state index in [-0.39, 0.29) is 0 Å². The van der Waals surface area contributed by atoms with Crippen molar-refractivity contribution in [3.63, 3.8) is 0 Å². The molecule has 1 atom stereocenters. The Morgan fingerprint density at radius 3 is 2.56 bits per heavy atom. The summed E-state index contributed by atoms with van der Waals surface area (Å²) in [6.07, 6.45) is 4.73. The monoisotopic (exact) mass is 240 g/mol. The highest BCUT2D eigenvalue weighted by molar-refractivity contribution is 5.58. The Labute approximate surface area is 109 Å². The molecule has 94 valence electrons. The van der Waals surface area contributed by atoms with Crippen molar-refractivity contribution in [2.45, 2.75) is 33.2 Å². The summed E-state index contributed by atoms with van der Waals surface area (Å²) in [6.45, 7) is 6.53. The third-order valence-corrected chi connectivity index (χ3v) is 3.31. The number of pyridine rings is 1. The largest absolute Gasteiger partial charge is 0.378 e. The van der Waals surface area contributed by atoms with Crippen LogP contribution < -0.4 is 5.32 Å². The van der Waals surface area contributed by atoms with Gasteiger partial charge in [0.2, 0.25) is 0 Å². The number of benzene rings is 1. The van der Waals surface area contributed by atoms with Gasteiger partial charge in [-0.15, -0.1) is 0 Å². The Bertz CT molecular complexity index is 506. The van der Waals surface area contributed by atoms with Crippen LogP contribution in [0.4, 0.5) is 5.69 Å². The van der Waals surface area contributed by atoms with E-state index in [1.807, 2.05) is 12.4 Å². The van der Waals surface area contributed by atoms with Crippen LogP contribution in [-0.4, -0.2) is 4.98 Å². The standard InChI is InChI=1S/C16H20N2/c1-4-14-7-5-6-12(2)16(14)18-13(3)15-8-10-17-11-9-15/h5-11,13,18H,4H2,1-3H3. The Kier molecular flexibility index (Phi) is 3.98. The van der Waals surface area contributed by atoms with E-state index < -0.39 is 0 Å². The predicted molar refractivity (Wildman–Crippen MR) is 76.8 cm³/mol. The van der Waals surface area contributed by atoms with Gasteiger partial charge in [-0.1, -0.05) is 25.1 Å². The highest BCUT2D eigenvalue weighted by Crippen LogP contribution is 2.25. The first-order valence-electron chi connectivity index (χ1n) is 6.47. The van der Waals surface area contributed by atoms with Gasteiger partial charge in [0.15, 0.2) is 0 Å². The maximum Gasteiger partial charge on any atom is 0.0486 e. The molecule has 2 nitrogen and oxygen atoms in total. The van der Waals surface area contributed by atoms with Gasteiger partial charge >= 0.3 is 0 Å². The summed E-state index contributed by atoms with van der Waals surface area (Å²) in [5.74, 6) is 0. The van der Waals surface area contributed by atoms with Crippen molar-refractivity contribution in [1.82, 2.24) is 4.98 Å². The van der Waals surface area contributed by atoms with Gasteiger partial charge in [0, 0.05) is 24.1 Å². The molecule has 0 spiro atoms. The molecule has 0 saturated carbocycles.